The highest BCUT2D eigenvalue weighted by Crippen LogP contribution is 2.45. The van der Waals surface area contributed by atoms with Gasteiger partial charge in [0.15, 0.2) is 0 Å². The van der Waals surface area contributed by atoms with Crippen LogP contribution in [0.1, 0.15) is 53.7 Å². The molecule has 5 rings (SSSR count). The molecule has 1 amide bonds. The monoisotopic (exact) mass is 560 g/mol. The number of halogens is 1. The molecule has 2 aromatic heterocycles. The number of nitro benzene ring substituents is 1. The molecule has 0 saturated carbocycles. The number of hydrogen-bond acceptors (Lipinski definition) is 5. The van der Waals surface area contributed by atoms with Gasteiger partial charge in [0.25, 0.3) is 11.6 Å². The van der Waals surface area contributed by atoms with Gasteiger partial charge in [0.1, 0.15) is 5.00 Å². The van der Waals surface area contributed by atoms with Crippen LogP contribution in [0.2, 0.25) is 5.02 Å². The van der Waals surface area contributed by atoms with Gasteiger partial charge >= 0.3 is 0 Å². The maximum Gasteiger partial charge on any atom is 0.269 e. The van der Waals surface area contributed by atoms with E-state index in [-0.39, 0.29) is 17.0 Å². The Morgan fingerprint density at radius 3 is 2.54 bits per heavy atom. The molecule has 1 atom stereocenters. The quantitative estimate of drug-likeness (QED) is 0.146. The van der Waals surface area contributed by atoms with Gasteiger partial charge in [-0.15, -0.1) is 11.3 Å². The van der Waals surface area contributed by atoms with E-state index >= 15 is 0 Å². The van der Waals surface area contributed by atoms with Gasteiger partial charge in [-0.05, 0) is 84.7 Å². The van der Waals surface area contributed by atoms with Crippen LogP contribution in [0.5, 0.6) is 0 Å². The summed E-state index contributed by atoms with van der Waals surface area (Å²) in [6, 6.07) is 17.3. The van der Waals surface area contributed by atoms with Crippen molar-refractivity contribution in [3.8, 4) is 5.69 Å². The first-order valence-corrected chi connectivity index (χ1v) is 14.0. The van der Waals surface area contributed by atoms with Crippen LogP contribution in [-0.4, -0.2) is 21.6 Å². The van der Waals surface area contributed by atoms with E-state index in [2.05, 4.69) is 26.1 Å². The van der Waals surface area contributed by atoms with Gasteiger partial charge in [-0.25, -0.2) is 4.99 Å². The lowest BCUT2D eigenvalue weighted by Crippen LogP contribution is -2.27. The minimum Gasteiger partial charge on any atom is -0.322 e. The predicted molar refractivity (Wildman–Crippen MR) is 158 cm³/mol. The average Bonchev–Trinajstić information content (AvgIpc) is 3.52. The van der Waals surface area contributed by atoms with Crippen LogP contribution in [0.3, 0.4) is 0 Å². The first-order chi connectivity index (χ1) is 18.6. The molecule has 0 saturated heterocycles. The molecule has 1 aliphatic rings. The molecule has 9 heteroatoms. The van der Waals surface area contributed by atoms with Crippen LogP contribution in [0.15, 0.2) is 71.9 Å². The van der Waals surface area contributed by atoms with Gasteiger partial charge in [-0.2, -0.15) is 0 Å². The molecular weight excluding hydrogens is 532 g/mol. The summed E-state index contributed by atoms with van der Waals surface area (Å²) in [5, 5.41) is 15.3. The molecule has 7 nitrogen and oxygen atoms in total. The summed E-state index contributed by atoms with van der Waals surface area (Å²) in [4.78, 5) is 30.3. The number of benzene rings is 2. The Balaban J connectivity index is 1.49. The number of carbonyl (C=O) groups excluding carboxylic acids is 1. The first kappa shape index (κ1) is 26.8. The van der Waals surface area contributed by atoms with Gasteiger partial charge in [0.05, 0.1) is 22.4 Å². The molecule has 2 aromatic carbocycles. The summed E-state index contributed by atoms with van der Waals surface area (Å²) >= 11 is 7.61. The molecular formula is C30H29ClN4O3S. The molecule has 0 fully saturated rings. The number of carbonyl (C=O) groups is 1. The van der Waals surface area contributed by atoms with Crippen molar-refractivity contribution in [2.45, 2.75) is 40.0 Å². The Labute approximate surface area is 236 Å². The Bertz CT molecular complexity index is 1550. The molecule has 39 heavy (non-hydrogen) atoms. The molecule has 0 spiro atoms. The molecule has 0 aliphatic heterocycles. The number of anilines is 1. The van der Waals surface area contributed by atoms with Crippen molar-refractivity contribution in [2.75, 3.05) is 5.32 Å². The van der Waals surface area contributed by atoms with Gasteiger partial charge < -0.3 is 9.88 Å². The van der Waals surface area contributed by atoms with Gasteiger partial charge in [0.2, 0.25) is 0 Å². The lowest BCUT2D eigenvalue weighted by molar-refractivity contribution is -0.384. The van der Waals surface area contributed by atoms with Crippen LogP contribution in [0.25, 0.3) is 5.69 Å². The fraction of sp³-hybridized carbons (Fsp3) is 0.267. The number of non-ortho nitro benzene ring substituents is 1. The largest absolute Gasteiger partial charge is 0.322 e. The number of nitrogens with zero attached hydrogens (tertiary/aromatic N) is 3. The third kappa shape index (κ3) is 5.82. The second-order valence-corrected chi connectivity index (χ2v) is 12.3. The molecule has 1 aliphatic carbocycles. The van der Waals surface area contributed by atoms with E-state index in [1.807, 2.05) is 22.9 Å². The predicted octanol–water partition coefficient (Wildman–Crippen LogP) is 8.25. The number of aliphatic imine (C=N–C) groups is 1. The maximum atomic E-state index is 13.6. The Hall–Kier alpha value is -3.75. The minimum atomic E-state index is -0.415. The van der Waals surface area contributed by atoms with Crippen molar-refractivity contribution in [1.82, 2.24) is 4.57 Å². The van der Waals surface area contributed by atoms with E-state index in [1.54, 1.807) is 53.9 Å². The molecule has 0 unspecified atom stereocenters. The third-order valence-electron chi connectivity index (χ3n) is 7.23. The Morgan fingerprint density at radius 2 is 1.87 bits per heavy atom. The molecule has 200 valence electrons. The Kier molecular flexibility index (Phi) is 7.42. The number of aromatic nitrogens is 1. The zero-order chi connectivity index (χ0) is 27.7. The number of thiophene rings is 1. The number of hydrogen-bond donors (Lipinski definition) is 1. The van der Waals surface area contributed by atoms with Crippen molar-refractivity contribution in [3.63, 3.8) is 0 Å². The highest BCUT2D eigenvalue weighted by molar-refractivity contribution is 7.16. The van der Waals surface area contributed by atoms with Gasteiger partial charge in [-0.1, -0.05) is 32.4 Å². The van der Waals surface area contributed by atoms with Crippen molar-refractivity contribution >= 4 is 51.4 Å². The summed E-state index contributed by atoms with van der Waals surface area (Å²) in [5.41, 5.74) is 4.19. The maximum absolute atomic E-state index is 13.6. The second kappa shape index (κ2) is 10.8. The molecule has 2 heterocycles. The normalized spacial score (nSPS) is 15.3. The lowest BCUT2D eigenvalue weighted by Gasteiger charge is -2.33. The van der Waals surface area contributed by atoms with Crippen LogP contribution >= 0.6 is 22.9 Å². The van der Waals surface area contributed by atoms with Crippen LogP contribution < -0.4 is 5.32 Å². The minimum absolute atomic E-state index is 0.0372. The highest BCUT2D eigenvalue weighted by atomic mass is 35.5. The number of rotatable bonds is 6. The zero-order valence-corrected chi connectivity index (χ0v) is 23.6. The summed E-state index contributed by atoms with van der Waals surface area (Å²) in [6.07, 6.45) is 6.43. The summed E-state index contributed by atoms with van der Waals surface area (Å²) in [5.74, 6) is 0.356. The molecule has 4 aromatic rings. The SMILES string of the molecule is CC(C)(C)[C@H]1CCc2c(sc(N=Cc3cccn3-c3ccc([N+](=O)[O-])cc3)c2C(=O)Nc2ccc(Cl)cc2)C1. The topological polar surface area (TPSA) is 89.5 Å². The number of amides is 1. The fourth-order valence-corrected chi connectivity index (χ4v) is 6.35. The number of nitro groups is 1. The van der Waals surface area contributed by atoms with E-state index in [0.29, 0.717) is 27.2 Å². The van der Waals surface area contributed by atoms with Crippen molar-refractivity contribution in [3.05, 3.63) is 104 Å². The highest BCUT2D eigenvalue weighted by Gasteiger charge is 2.33. The lowest BCUT2D eigenvalue weighted by atomic mass is 9.72. The van der Waals surface area contributed by atoms with Gasteiger partial charge in [0, 0.05) is 39.6 Å². The molecule has 0 radical (unpaired) electrons. The summed E-state index contributed by atoms with van der Waals surface area (Å²) in [7, 11) is 0. The molecule has 0 bridgehead atoms. The standard InChI is InChI=1S/C30H29ClN4O3S/c1-30(2,3)19-6-15-25-26(17-19)39-29(27(25)28(36)33-21-9-7-20(31)8-10-21)32-18-24-5-4-16-34(24)22-11-13-23(14-12-22)35(37)38/h4-5,7-14,16,18-19H,6,15,17H2,1-3H3,(H,33,36)/t19-/m0/s1. The first-order valence-electron chi connectivity index (χ1n) is 12.8. The Morgan fingerprint density at radius 1 is 1.15 bits per heavy atom. The van der Waals surface area contributed by atoms with E-state index in [4.69, 9.17) is 16.6 Å². The zero-order valence-electron chi connectivity index (χ0n) is 22.0. The average molecular weight is 561 g/mol. The van der Waals surface area contributed by atoms with Gasteiger partial charge in [-0.3, -0.25) is 14.9 Å². The van der Waals surface area contributed by atoms with E-state index in [1.165, 1.54) is 17.0 Å². The van der Waals surface area contributed by atoms with Crippen molar-refractivity contribution in [1.29, 1.82) is 0 Å². The smallest absolute Gasteiger partial charge is 0.269 e. The van der Waals surface area contributed by atoms with Crippen LogP contribution in [-0.2, 0) is 12.8 Å². The number of nitrogens with one attached hydrogen (secondary N) is 1. The summed E-state index contributed by atoms with van der Waals surface area (Å²) in [6.45, 7) is 6.82. The molecule has 1 N–H and O–H groups in total. The number of fused-ring (bicyclic) bond motifs is 1. The summed E-state index contributed by atoms with van der Waals surface area (Å²) < 4.78 is 1.91. The fourth-order valence-electron chi connectivity index (χ4n) is 4.96. The van der Waals surface area contributed by atoms with E-state index in [0.717, 1.165) is 36.2 Å². The van der Waals surface area contributed by atoms with E-state index in [9.17, 15) is 14.9 Å². The van der Waals surface area contributed by atoms with Crippen molar-refractivity contribution < 1.29 is 9.72 Å². The van der Waals surface area contributed by atoms with E-state index < -0.39 is 4.92 Å². The van der Waals surface area contributed by atoms with Crippen LogP contribution in [0, 0.1) is 21.4 Å². The second-order valence-electron chi connectivity index (χ2n) is 10.8. The third-order valence-corrected chi connectivity index (χ3v) is 8.65. The van der Waals surface area contributed by atoms with Crippen molar-refractivity contribution in [2.24, 2.45) is 16.3 Å². The van der Waals surface area contributed by atoms with Crippen LogP contribution in [0.4, 0.5) is 16.4 Å².